The molecule has 0 aliphatic heterocycles. The fourth-order valence-electron chi connectivity index (χ4n) is 2.98. The molecule has 1 amide bonds. The third-order valence-electron chi connectivity index (χ3n) is 4.35. The van der Waals surface area contributed by atoms with E-state index < -0.39 is 0 Å². The maximum atomic E-state index is 12.5. The molecule has 2 N–H and O–H groups in total. The lowest BCUT2D eigenvalue weighted by Crippen LogP contribution is -2.23. The van der Waals surface area contributed by atoms with Gasteiger partial charge in [0, 0.05) is 41.2 Å². The van der Waals surface area contributed by atoms with Crippen molar-refractivity contribution in [1.29, 1.82) is 0 Å². The molecule has 130 valence electrons. The summed E-state index contributed by atoms with van der Waals surface area (Å²) in [5.74, 6) is -0.0959. The molecule has 3 rings (SSSR count). The second-order valence-corrected chi connectivity index (χ2v) is 6.44. The van der Waals surface area contributed by atoms with Crippen LogP contribution in [0.5, 0.6) is 0 Å². The molecule has 6 heteroatoms. The van der Waals surface area contributed by atoms with Gasteiger partial charge in [0.2, 0.25) is 0 Å². The van der Waals surface area contributed by atoms with E-state index in [2.05, 4.69) is 34.5 Å². The highest BCUT2D eigenvalue weighted by Crippen LogP contribution is 2.20. The number of aryl methyl sites for hydroxylation is 1. The fourth-order valence-corrected chi connectivity index (χ4v) is 2.98. The van der Waals surface area contributed by atoms with Crippen molar-refractivity contribution >= 4 is 5.91 Å². The number of nitrogens with one attached hydrogen (secondary N) is 2. The van der Waals surface area contributed by atoms with E-state index in [4.69, 9.17) is 0 Å². The maximum Gasteiger partial charge on any atom is 0.251 e. The van der Waals surface area contributed by atoms with Crippen molar-refractivity contribution in [2.24, 2.45) is 0 Å². The van der Waals surface area contributed by atoms with Crippen LogP contribution in [0.15, 0.2) is 36.7 Å². The number of carbonyl (C=O) groups is 1. The second kappa shape index (κ2) is 6.93. The van der Waals surface area contributed by atoms with Gasteiger partial charge in [0.1, 0.15) is 0 Å². The minimum absolute atomic E-state index is 0.0959. The van der Waals surface area contributed by atoms with Crippen molar-refractivity contribution in [1.82, 2.24) is 25.3 Å². The van der Waals surface area contributed by atoms with E-state index in [1.165, 1.54) is 0 Å². The Bertz CT molecular complexity index is 877. The summed E-state index contributed by atoms with van der Waals surface area (Å²) in [5, 5.41) is 14.3. The molecule has 25 heavy (non-hydrogen) atoms. The Labute approximate surface area is 147 Å². The summed E-state index contributed by atoms with van der Waals surface area (Å²) in [7, 11) is 0. The molecule has 0 radical (unpaired) electrons. The lowest BCUT2D eigenvalue weighted by atomic mass is 10.1. The van der Waals surface area contributed by atoms with Crippen molar-refractivity contribution in [2.75, 3.05) is 0 Å². The molecule has 0 aliphatic rings. The number of amides is 1. The zero-order valence-corrected chi connectivity index (χ0v) is 15.0. The average molecular weight is 337 g/mol. The number of rotatable bonds is 5. The van der Waals surface area contributed by atoms with Gasteiger partial charge in [-0.25, -0.2) is 0 Å². The van der Waals surface area contributed by atoms with Crippen LogP contribution in [0.1, 0.15) is 47.2 Å². The Hall–Kier alpha value is -2.89. The number of H-pyrrole nitrogens is 1. The molecule has 0 spiro atoms. The SMILES string of the molecule is Cc1nn(C(C)C)c(C)c1CNC(=O)c1cccc(-c2cn[nH]c2)c1. The number of aromatic nitrogens is 4. The molecule has 0 aliphatic carbocycles. The number of carbonyl (C=O) groups excluding carboxylic acids is 1. The van der Waals surface area contributed by atoms with Gasteiger partial charge in [-0.3, -0.25) is 14.6 Å². The summed E-state index contributed by atoms with van der Waals surface area (Å²) in [6, 6.07) is 7.83. The molecule has 1 aromatic carbocycles. The third kappa shape index (κ3) is 3.47. The van der Waals surface area contributed by atoms with E-state index >= 15 is 0 Å². The summed E-state index contributed by atoms with van der Waals surface area (Å²) in [6.45, 7) is 8.69. The summed E-state index contributed by atoms with van der Waals surface area (Å²) in [5.41, 5.74) is 5.68. The van der Waals surface area contributed by atoms with Crippen molar-refractivity contribution in [2.45, 2.75) is 40.3 Å². The Morgan fingerprint density at radius 3 is 2.72 bits per heavy atom. The molecule has 2 aromatic heterocycles. The van der Waals surface area contributed by atoms with E-state index in [0.29, 0.717) is 18.2 Å². The summed E-state index contributed by atoms with van der Waals surface area (Å²) < 4.78 is 2.00. The highest BCUT2D eigenvalue weighted by molar-refractivity contribution is 5.95. The van der Waals surface area contributed by atoms with Crippen LogP contribution in [-0.2, 0) is 6.54 Å². The van der Waals surface area contributed by atoms with Crippen molar-refractivity contribution in [3.63, 3.8) is 0 Å². The van der Waals surface area contributed by atoms with Crippen LogP contribution in [0.4, 0.5) is 0 Å². The number of nitrogens with zero attached hydrogens (tertiary/aromatic N) is 3. The number of hydrogen-bond donors (Lipinski definition) is 2. The first-order chi connectivity index (χ1) is 12.0. The van der Waals surface area contributed by atoms with Gasteiger partial charge in [-0.05, 0) is 45.4 Å². The Morgan fingerprint density at radius 1 is 1.28 bits per heavy atom. The molecule has 0 atom stereocenters. The third-order valence-corrected chi connectivity index (χ3v) is 4.35. The van der Waals surface area contributed by atoms with E-state index in [1.54, 1.807) is 6.20 Å². The fraction of sp³-hybridized carbons (Fsp3) is 0.316. The van der Waals surface area contributed by atoms with Gasteiger partial charge in [-0.15, -0.1) is 0 Å². The molecule has 0 saturated heterocycles. The minimum Gasteiger partial charge on any atom is -0.348 e. The Balaban J connectivity index is 1.75. The highest BCUT2D eigenvalue weighted by atomic mass is 16.1. The summed E-state index contributed by atoms with van der Waals surface area (Å²) >= 11 is 0. The molecule has 0 saturated carbocycles. The smallest absolute Gasteiger partial charge is 0.251 e. The zero-order valence-electron chi connectivity index (χ0n) is 15.0. The van der Waals surface area contributed by atoms with Crippen LogP contribution in [0.3, 0.4) is 0 Å². The summed E-state index contributed by atoms with van der Waals surface area (Å²) in [6.07, 6.45) is 3.55. The van der Waals surface area contributed by atoms with Crippen LogP contribution in [0.25, 0.3) is 11.1 Å². The molecular weight excluding hydrogens is 314 g/mol. The summed E-state index contributed by atoms with van der Waals surface area (Å²) in [4.78, 5) is 12.5. The predicted molar refractivity (Wildman–Crippen MR) is 97.3 cm³/mol. The highest BCUT2D eigenvalue weighted by Gasteiger charge is 2.15. The molecular formula is C19H23N5O. The lowest BCUT2D eigenvalue weighted by molar-refractivity contribution is 0.0951. The second-order valence-electron chi connectivity index (χ2n) is 6.44. The van der Waals surface area contributed by atoms with Gasteiger partial charge >= 0.3 is 0 Å². The molecule has 3 aromatic rings. The standard InChI is InChI=1S/C19H23N5O/c1-12(2)24-14(4)18(13(3)23-24)11-20-19(25)16-7-5-6-15(8-16)17-9-21-22-10-17/h5-10,12H,11H2,1-4H3,(H,20,25)(H,21,22). The van der Waals surface area contributed by atoms with Gasteiger partial charge in [0.15, 0.2) is 0 Å². The molecule has 0 fully saturated rings. The van der Waals surface area contributed by atoms with E-state index in [-0.39, 0.29) is 5.91 Å². The van der Waals surface area contributed by atoms with Gasteiger partial charge < -0.3 is 5.32 Å². The van der Waals surface area contributed by atoms with Crippen LogP contribution < -0.4 is 5.32 Å². The number of aromatic amines is 1. The average Bonchev–Trinajstić information content (AvgIpc) is 3.22. The number of benzene rings is 1. The van der Waals surface area contributed by atoms with Crippen molar-refractivity contribution in [3.05, 3.63) is 59.2 Å². The quantitative estimate of drug-likeness (QED) is 0.749. The largest absolute Gasteiger partial charge is 0.348 e. The van der Waals surface area contributed by atoms with Crippen LogP contribution >= 0.6 is 0 Å². The first-order valence-electron chi connectivity index (χ1n) is 8.39. The topological polar surface area (TPSA) is 75.6 Å². The van der Waals surface area contributed by atoms with Gasteiger partial charge in [-0.1, -0.05) is 12.1 Å². The molecule has 6 nitrogen and oxygen atoms in total. The molecule has 0 bridgehead atoms. The van der Waals surface area contributed by atoms with Crippen molar-refractivity contribution < 1.29 is 4.79 Å². The molecule has 0 unspecified atom stereocenters. The van der Waals surface area contributed by atoms with E-state index in [9.17, 15) is 4.79 Å². The van der Waals surface area contributed by atoms with Crippen molar-refractivity contribution in [3.8, 4) is 11.1 Å². The first-order valence-corrected chi connectivity index (χ1v) is 8.39. The normalized spacial score (nSPS) is 11.1. The van der Waals surface area contributed by atoms with Crippen LogP contribution in [-0.4, -0.2) is 25.9 Å². The van der Waals surface area contributed by atoms with Crippen LogP contribution in [0.2, 0.25) is 0 Å². The van der Waals surface area contributed by atoms with Gasteiger partial charge in [-0.2, -0.15) is 10.2 Å². The zero-order chi connectivity index (χ0) is 18.0. The Kier molecular flexibility index (Phi) is 4.70. The first kappa shape index (κ1) is 17.0. The monoisotopic (exact) mass is 337 g/mol. The number of hydrogen-bond acceptors (Lipinski definition) is 3. The molecule has 2 heterocycles. The lowest BCUT2D eigenvalue weighted by Gasteiger charge is -2.10. The van der Waals surface area contributed by atoms with Gasteiger partial charge in [0.25, 0.3) is 5.91 Å². The van der Waals surface area contributed by atoms with Gasteiger partial charge in [0.05, 0.1) is 11.9 Å². The van der Waals surface area contributed by atoms with E-state index in [0.717, 1.165) is 28.1 Å². The minimum atomic E-state index is -0.0959. The van der Waals surface area contributed by atoms with Crippen LogP contribution in [0, 0.1) is 13.8 Å². The maximum absolute atomic E-state index is 12.5. The van der Waals surface area contributed by atoms with E-state index in [1.807, 2.05) is 49.0 Å². The Morgan fingerprint density at radius 2 is 2.08 bits per heavy atom. The predicted octanol–water partition coefficient (Wildman–Crippen LogP) is 3.40.